The van der Waals surface area contributed by atoms with E-state index < -0.39 is 5.91 Å². The summed E-state index contributed by atoms with van der Waals surface area (Å²) in [4.78, 5) is 25.5. The Morgan fingerprint density at radius 3 is 2.82 bits per heavy atom. The van der Waals surface area contributed by atoms with Crippen LogP contribution in [0.2, 0.25) is 0 Å². The van der Waals surface area contributed by atoms with Gasteiger partial charge in [0.1, 0.15) is 12.6 Å². The fourth-order valence-electron chi connectivity index (χ4n) is 5.25. The van der Waals surface area contributed by atoms with Crippen LogP contribution in [0.5, 0.6) is 0 Å². The molecule has 5 heterocycles. The van der Waals surface area contributed by atoms with Gasteiger partial charge in [-0.15, -0.1) is 0 Å². The van der Waals surface area contributed by atoms with Gasteiger partial charge in [-0.25, -0.2) is 14.5 Å². The molecule has 2 aliphatic rings. The number of carbonyl (C=O) groups is 1. The predicted octanol–water partition coefficient (Wildman–Crippen LogP) is 2.90. The average molecular weight is 459 g/mol. The van der Waals surface area contributed by atoms with E-state index in [0.29, 0.717) is 40.8 Å². The monoisotopic (exact) mass is 458 g/mol. The molecule has 2 aliphatic heterocycles. The lowest BCUT2D eigenvalue weighted by Crippen LogP contribution is -2.48. The van der Waals surface area contributed by atoms with Gasteiger partial charge in [0.2, 0.25) is 0 Å². The Bertz CT molecular complexity index is 1380. The quantitative estimate of drug-likeness (QED) is 0.453. The second-order valence-electron chi connectivity index (χ2n) is 9.21. The molecule has 3 N–H and O–H groups in total. The van der Waals surface area contributed by atoms with Crippen molar-refractivity contribution in [1.29, 1.82) is 0 Å². The maximum atomic E-state index is 11.4. The fraction of sp³-hybridized carbons (Fsp3) is 0.333. The molecule has 1 amide bonds. The first-order chi connectivity index (χ1) is 16.5. The van der Waals surface area contributed by atoms with Crippen LogP contribution in [0.1, 0.15) is 30.8 Å². The van der Waals surface area contributed by atoms with Crippen molar-refractivity contribution in [1.82, 2.24) is 24.5 Å². The van der Waals surface area contributed by atoms with Gasteiger partial charge in [0.05, 0.1) is 11.9 Å². The number of likely N-dealkylation sites (tertiary alicyclic amines) is 1. The van der Waals surface area contributed by atoms with Crippen LogP contribution >= 0.6 is 0 Å². The van der Waals surface area contributed by atoms with Gasteiger partial charge in [-0.3, -0.25) is 9.69 Å². The summed E-state index contributed by atoms with van der Waals surface area (Å²) in [6.07, 6.45) is 5.83. The van der Waals surface area contributed by atoms with Crippen molar-refractivity contribution in [2.24, 2.45) is 5.73 Å². The van der Waals surface area contributed by atoms with E-state index in [1.54, 1.807) is 16.8 Å². The third-order valence-corrected chi connectivity index (χ3v) is 6.83. The van der Waals surface area contributed by atoms with Crippen molar-refractivity contribution in [2.75, 3.05) is 23.3 Å². The summed E-state index contributed by atoms with van der Waals surface area (Å²) in [5.74, 6) is 0.0377. The molecule has 0 radical (unpaired) electrons. The van der Waals surface area contributed by atoms with E-state index >= 15 is 0 Å². The largest absolute Gasteiger partial charge is 0.458 e. The lowest BCUT2D eigenvalue weighted by Gasteiger charge is -2.37. The Balaban J connectivity index is 1.26. The summed E-state index contributed by atoms with van der Waals surface area (Å²) in [5, 5.41) is 7.73. The van der Waals surface area contributed by atoms with Gasteiger partial charge in [-0.2, -0.15) is 5.10 Å². The van der Waals surface area contributed by atoms with E-state index in [4.69, 9.17) is 10.2 Å². The highest BCUT2D eigenvalue weighted by Gasteiger charge is 2.44. The fourth-order valence-corrected chi connectivity index (χ4v) is 5.25. The van der Waals surface area contributed by atoms with Crippen molar-refractivity contribution in [3.63, 3.8) is 0 Å². The number of hydrogen-bond acceptors (Lipinski definition) is 8. The van der Waals surface area contributed by atoms with Gasteiger partial charge >= 0.3 is 0 Å². The number of nitrogens with zero attached hydrogens (tertiary/aromatic N) is 6. The molecule has 2 atom stereocenters. The molecule has 0 spiro atoms. The molecule has 3 aromatic heterocycles. The zero-order chi connectivity index (χ0) is 23.4. The number of furan rings is 1. The molecule has 2 bridgehead atoms. The van der Waals surface area contributed by atoms with Gasteiger partial charge < -0.3 is 20.4 Å². The van der Waals surface area contributed by atoms with Crippen LogP contribution in [0.3, 0.4) is 0 Å². The van der Waals surface area contributed by atoms with E-state index in [-0.39, 0.29) is 5.76 Å². The molecule has 0 unspecified atom stereocenters. The summed E-state index contributed by atoms with van der Waals surface area (Å²) in [6, 6.07) is 11.8. The first kappa shape index (κ1) is 20.7. The summed E-state index contributed by atoms with van der Waals surface area (Å²) in [5.41, 5.74) is 9.31. The molecule has 174 valence electrons. The third-order valence-electron chi connectivity index (χ3n) is 6.83. The van der Waals surface area contributed by atoms with Crippen LogP contribution in [0, 0.1) is 0 Å². The number of piperazine rings is 1. The first-order valence-electron chi connectivity index (χ1n) is 11.4. The lowest BCUT2D eigenvalue weighted by molar-refractivity contribution is 0.0974. The standard InChI is InChI=1S/C24H26N8O2/c1-14(2)30-10-19-8-18(30)11-31(19)17-5-3-4-16(7-17)29-23-24-27-13-28-32(24)20(9-26-23)15-6-21(22(25)33)34-12-15/h3-7,9,12-14,18-19H,8,10-11H2,1-2H3,(H2,25,33)(H,26,29)/t18-,19-/m0/s1. The zero-order valence-electron chi connectivity index (χ0n) is 19.0. The van der Waals surface area contributed by atoms with E-state index in [1.165, 1.54) is 24.7 Å². The van der Waals surface area contributed by atoms with Gasteiger partial charge in [0.15, 0.2) is 17.2 Å². The molecule has 1 aromatic carbocycles. The van der Waals surface area contributed by atoms with Crippen molar-refractivity contribution in [3.8, 4) is 11.3 Å². The number of benzene rings is 1. The van der Waals surface area contributed by atoms with Crippen molar-refractivity contribution in [2.45, 2.75) is 38.4 Å². The number of nitrogens with one attached hydrogen (secondary N) is 1. The highest BCUT2D eigenvalue weighted by Crippen LogP contribution is 2.36. The van der Waals surface area contributed by atoms with Crippen LogP contribution in [-0.2, 0) is 0 Å². The predicted molar refractivity (Wildman–Crippen MR) is 128 cm³/mol. The van der Waals surface area contributed by atoms with Crippen LogP contribution in [0.4, 0.5) is 17.2 Å². The summed E-state index contributed by atoms with van der Waals surface area (Å²) in [6.45, 7) is 6.74. The molecular formula is C24H26N8O2. The van der Waals surface area contributed by atoms with Crippen molar-refractivity contribution < 1.29 is 9.21 Å². The van der Waals surface area contributed by atoms with Crippen LogP contribution in [0.15, 0.2) is 53.5 Å². The third kappa shape index (κ3) is 3.38. The van der Waals surface area contributed by atoms with Gasteiger partial charge in [0, 0.05) is 48.2 Å². The Labute approximate surface area is 196 Å². The number of aromatic nitrogens is 4. The number of amides is 1. The van der Waals surface area contributed by atoms with Crippen molar-refractivity contribution >= 4 is 28.7 Å². The highest BCUT2D eigenvalue weighted by atomic mass is 16.3. The average Bonchev–Trinajstić information content (AvgIpc) is 3.62. The van der Waals surface area contributed by atoms with Gasteiger partial charge in [-0.1, -0.05) is 6.07 Å². The molecule has 10 heteroatoms. The summed E-state index contributed by atoms with van der Waals surface area (Å²) >= 11 is 0. The van der Waals surface area contributed by atoms with Gasteiger partial charge in [-0.05, 0) is 44.5 Å². The number of rotatable bonds is 6. The Hall–Kier alpha value is -3.92. The number of carbonyl (C=O) groups excluding carboxylic acids is 1. The Kier molecular flexibility index (Phi) is 4.77. The maximum Gasteiger partial charge on any atom is 0.284 e. The molecule has 4 aromatic rings. The molecule has 2 fully saturated rings. The zero-order valence-corrected chi connectivity index (χ0v) is 19.0. The van der Waals surface area contributed by atoms with E-state index in [1.807, 2.05) is 6.07 Å². The molecule has 2 saturated heterocycles. The normalized spacial score (nSPS) is 20.0. The molecular weight excluding hydrogens is 432 g/mol. The Morgan fingerprint density at radius 2 is 2.09 bits per heavy atom. The minimum atomic E-state index is -0.629. The van der Waals surface area contributed by atoms with Crippen LogP contribution in [0.25, 0.3) is 16.9 Å². The second kappa shape index (κ2) is 7.84. The van der Waals surface area contributed by atoms with Gasteiger partial charge in [0.25, 0.3) is 5.91 Å². The second-order valence-corrected chi connectivity index (χ2v) is 9.21. The van der Waals surface area contributed by atoms with E-state index in [9.17, 15) is 4.79 Å². The number of fused-ring (bicyclic) bond motifs is 3. The minimum absolute atomic E-state index is 0.0782. The number of anilines is 3. The summed E-state index contributed by atoms with van der Waals surface area (Å²) in [7, 11) is 0. The topological polar surface area (TPSA) is 118 Å². The molecule has 0 aliphatic carbocycles. The Morgan fingerprint density at radius 1 is 1.21 bits per heavy atom. The molecule has 10 nitrogen and oxygen atoms in total. The number of hydrogen-bond donors (Lipinski definition) is 2. The smallest absolute Gasteiger partial charge is 0.284 e. The minimum Gasteiger partial charge on any atom is -0.458 e. The molecule has 6 rings (SSSR count). The van der Waals surface area contributed by atoms with Crippen LogP contribution in [-0.4, -0.2) is 61.6 Å². The lowest BCUT2D eigenvalue weighted by atomic mass is 10.2. The maximum absolute atomic E-state index is 11.4. The van der Waals surface area contributed by atoms with E-state index in [0.717, 1.165) is 18.8 Å². The number of primary amides is 1. The summed E-state index contributed by atoms with van der Waals surface area (Å²) < 4.78 is 6.91. The first-order valence-corrected chi connectivity index (χ1v) is 11.4. The SMILES string of the molecule is CC(C)N1C[C@@H]2C[C@H]1CN2c1cccc(Nc2ncc(-c3coc(C(N)=O)c3)n3ncnc23)c1. The molecule has 34 heavy (non-hydrogen) atoms. The number of nitrogens with two attached hydrogens (primary N) is 1. The van der Waals surface area contributed by atoms with Crippen molar-refractivity contribution in [3.05, 3.63) is 54.9 Å². The highest BCUT2D eigenvalue weighted by molar-refractivity contribution is 5.91. The van der Waals surface area contributed by atoms with Crippen LogP contribution < -0.4 is 16.0 Å². The van der Waals surface area contributed by atoms with E-state index in [2.05, 4.69) is 62.2 Å². The molecule has 0 saturated carbocycles.